The summed E-state index contributed by atoms with van der Waals surface area (Å²) in [5.74, 6) is 1.90. The van der Waals surface area contributed by atoms with Crippen LogP contribution in [0.4, 0.5) is 0 Å². The van der Waals surface area contributed by atoms with Gasteiger partial charge in [-0.1, -0.05) is 44.2 Å². The monoisotopic (exact) mass is 301 g/mol. The van der Waals surface area contributed by atoms with E-state index in [1.54, 1.807) is 0 Å². The third-order valence-corrected chi connectivity index (χ3v) is 4.24. The molecule has 0 saturated heterocycles. The number of aryl methyl sites for hydroxylation is 1. The van der Waals surface area contributed by atoms with Gasteiger partial charge in [-0.25, -0.2) is 0 Å². The predicted octanol–water partition coefficient (Wildman–Crippen LogP) is 3.66. The smallest absolute Gasteiger partial charge is 0.196 e. The van der Waals surface area contributed by atoms with Crippen molar-refractivity contribution in [2.24, 2.45) is 10.9 Å². The second kappa shape index (κ2) is 8.21. The lowest BCUT2D eigenvalue weighted by molar-refractivity contribution is 0.273. The van der Waals surface area contributed by atoms with Crippen LogP contribution in [0.5, 0.6) is 0 Å². The minimum Gasteiger partial charge on any atom is -0.349 e. The highest BCUT2D eigenvalue weighted by atomic mass is 15.4. The minimum atomic E-state index is 0.592. The zero-order valence-electron chi connectivity index (χ0n) is 14.6. The normalized spacial score (nSPS) is 18.0. The van der Waals surface area contributed by atoms with Crippen LogP contribution in [0, 0.1) is 5.92 Å². The van der Waals surface area contributed by atoms with Crippen LogP contribution in [0.2, 0.25) is 0 Å². The molecule has 1 heterocycles. The zero-order valence-corrected chi connectivity index (χ0v) is 14.6. The van der Waals surface area contributed by atoms with Crippen molar-refractivity contribution in [3.05, 3.63) is 35.9 Å². The molecule has 1 aliphatic rings. The van der Waals surface area contributed by atoms with Crippen LogP contribution in [-0.4, -0.2) is 49.0 Å². The number of nitrogens with zero attached hydrogens (tertiary/aromatic N) is 3. The molecule has 3 nitrogen and oxygen atoms in total. The summed E-state index contributed by atoms with van der Waals surface area (Å²) in [4.78, 5) is 9.45. The van der Waals surface area contributed by atoms with E-state index in [-0.39, 0.29) is 0 Å². The molecule has 0 bridgehead atoms. The molecule has 2 rings (SSSR count). The summed E-state index contributed by atoms with van der Waals surface area (Å²) in [5, 5.41) is 0. The summed E-state index contributed by atoms with van der Waals surface area (Å²) in [7, 11) is 4.21. The van der Waals surface area contributed by atoms with Crippen LogP contribution in [-0.2, 0) is 6.42 Å². The second-order valence-corrected chi connectivity index (χ2v) is 6.95. The highest BCUT2D eigenvalue weighted by Gasteiger charge is 2.28. The number of guanidine groups is 1. The average molecular weight is 301 g/mol. The Kier molecular flexibility index (Phi) is 6.29. The third kappa shape index (κ3) is 4.75. The van der Waals surface area contributed by atoms with Crippen molar-refractivity contribution < 1.29 is 0 Å². The summed E-state index contributed by atoms with van der Waals surface area (Å²) >= 11 is 0. The quantitative estimate of drug-likeness (QED) is 0.716. The predicted molar refractivity (Wildman–Crippen MR) is 95.3 cm³/mol. The summed E-state index contributed by atoms with van der Waals surface area (Å²) in [6.07, 6.45) is 4.89. The Balaban J connectivity index is 1.83. The second-order valence-electron chi connectivity index (χ2n) is 6.95. The van der Waals surface area contributed by atoms with E-state index in [2.05, 4.69) is 68.1 Å². The van der Waals surface area contributed by atoms with Gasteiger partial charge < -0.3 is 9.80 Å². The molecule has 0 saturated carbocycles. The Labute approximate surface area is 136 Å². The first-order valence-corrected chi connectivity index (χ1v) is 8.60. The third-order valence-electron chi connectivity index (χ3n) is 4.24. The molecule has 0 aromatic heterocycles. The fourth-order valence-corrected chi connectivity index (χ4v) is 3.22. The van der Waals surface area contributed by atoms with Gasteiger partial charge in [0.05, 0.1) is 12.6 Å². The number of hydrogen-bond acceptors (Lipinski definition) is 3. The van der Waals surface area contributed by atoms with Crippen molar-refractivity contribution >= 4 is 5.96 Å². The molecule has 0 N–H and O–H groups in total. The van der Waals surface area contributed by atoms with Gasteiger partial charge in [-0.3, -0.25) is 4.99 Å². The summed E-state index contributed by atoms with van der Waals surface area (Å²) in [5.41, 5.74) is 1.45. The largest absolute Gasteiger partial charge is 0.349 e. The molecule has 0 radical (unpaired) electrons. The molecule has 0 spiro atoms. The molecule has 22 heavy (non-hydrogen) atoms. The average Bonchev–Trinajstić information content (AvgIpc) is 2.87. The van der Waals surface area contributed by atoms with E-state index in [1.165, 1.54) is 37.2 Å². The number of aliphatic imine (C=N–C) groups is 1. The fourth-order valence-electron chi connectivity index (χ4n) is 3.22. The van der Waals surface area contributed by atoms with Crippen molar-refractivity contribution in [1.29, 1.82) is 0 Å². The van der Waals surface area contributed by atoms with E-state index in [0.29, 0.717) is 6.04 Å². The van der Waals surface area contributed by atoms with Crippen LogP contribution in [0.25, 0.3) is 0 Å². The summed E-state index contributed by atoms with van der Waals surface area (Å²) in [6, 6.07) is 11.4. The van der Waals surface area contributed by atoms with Crippen LogP contribution in [0.3, 0.4) is 0 Å². The van der Waals surface area contributed by atoms with Crippen LogP contribution in [0.1, 0.15) is 38.7 Å². The molecular weight excluding hydrogens is 270 g/mol. The van der Waals surface area contributed by atoms with E-state index in [9.17, 15) is 0 Å². The highest BCUT2D eigenvalue weighted by Crippen LogP contribution is 2.20. The molecule has 1 unspecified atom stereocenters. The number of rotatable bonds is 7. The molecule has 0 amide bonds. The maximum atomic E-state index is 4.76. The van der Waals surface area contributed by atoms with Crippen molar-refractivity contribution in [3.8, 4) is 0 Å². The van der Waals surface area contributed by atoms with Crippen LogP contribution >= 0.6 is 0 Å². The van der Waals surface area contributed by atoms with Gasteiger partial charge in [0.2, 0.25) is 0 Å². The van der Waals surface area contributed by atoms with Crippen molar-refractivity contribution in [2.45, 2.75) is 45.6 Å². The Hall–Kier alpha value is -1.51. The lowest BCUT2D eigenvalue weighted by Gasteiger charge is -2.31. The van der Waals surface area contributed by atoms with Crippen molar-refractivity contribution in [3.63, 3.8) is 0 Å². The molecule has 1 aromatic rings. The zero-order chi connectivity index (χ0) is 15.9. The Morgan fingerprint density at radius 2 is 1.91 bits per heavy atom. The standard InChI is InChI=1S/C19H31N3/c1-16(2)14-18-15-20-19(21(3)4)22(18)13-9-8-12-17-10-6-5-7-11-17/h5-7,10-11,16,18H,8-9,12-15H2,1-4H3. The summed E-state index contributed by atoms with van der Waals surface area (Å²) in [6.45, 7) is 6.70. The topological polar surface area (TPSA) is 18.8 Å². The first-order valence-electron chi connectivity index (χ1n) is 8.60. The van der Waals surface area contributed by atoms with Gasteiger partial charge in [0, 0.05) is 20.6 Å². The van der Waals surface area contributed by atoms with Crippen molar-refractivity contribution in [1.82, 2.24) is 9.80 Å². The first-order chi connectivity index (χ1) is 10.6. The van der Waals surface area contributed by atoms with Gasteiger partial charge in [0.1, 0.15) is 0 Å². The fraction of sp³-hybridized carbons (Fsp3) is 0.632. The lowest BCUT2D eigenvalue weighted by Crippen LogP contribution is -2.44. The molecule has 3 heteroatoms. The molecule has 0 fully saturated rings. The molecule has 122 valence electrons. The first kappa shape index (κ1) is 16.9. The Morgan fingerprint density at radius 1 is 1.18 bits per heavy atom. The van der Waals surface area contributed by atoms with E-state index in [1.807, 2.05) is 0 Å². The molecular formula is C19H31N3. The maximum Gasteiger partial charge on any atom is 0.196 e. The number of hydrogen-bond donors (Lipinski definition) is 0. The van der Waals surface area contributed by atoms with Gasteiger partial charge >= 0.3 is 0 Å². The van der Waals surface area contributed by atoms with Crippen LogP contribution < -0.4 is 0 Å². The van der Waals surface area contributed by atoms with E-state index < -0.39 is 0 Å². The maximum absolute atomic E-state index is 4.76. The van der Waals surface area contributed by atoms with Gasteiger partial charge in [-0.05, 0) is 37.2 Å². The number of benzene rings is 1. The molecule has 1 aromatic carbocycles. The summed E-state index contributed by atoms with van der Waals surface area (Å²) < 4.78 is 0. The van der Waals surface area contributed by atoms with Crippen molar-refractivity contribution in [2.75, 3.05) is 27.2 Å². The number of unbranched alkanes of at least 4 members (excludes halogenated alkanes) is 1. The van der Waals surface area contributed by atoms with Gasteiger partial charge in [-0.15, -0.1) is 0 Å². The Morgan fingerprint density at radius 3 is 2.55 bits per heavy atom. The lowest BCUT2D eigenvalue weighted by atomic mass is 10.0. The van der Waals surface area contributed by atoms with E-state index >= 15 is 0 Å². The minimum absolute atomic E-state index is 0.592. The van der Waals surface area contributed by atoms with Crippen LogP contribution in [0.15, 0.2) is 35.3 Å². The molecule has 1 atom stereocenters. The van der Waals surface area contributed by atoms with Gasteiger partial charge in [0.15, 0.2) is 5.96 Å². The Bertz CT molecular complexity index is 465. The SMILES string of the molecule is CC(C)CC1CN=C(N(C)C)N1CCCCc1ccccc1. The van der Waals surface area contributed by atoms with E-state index in [4.69, 9.17) is 4.99 Å². The molecule has 1 aliphatic heterocycles. The van der Waals surface area contributed by atoms with Gasteiger partial charge in [-0.2, -0.15) is 0 Å². The molecule has 0 aliphatic carbocycles. The van der Waals surface area contributed by atoms with E-state index in [0.717, 1.165) is 19.0 Å². The van der Waals surface area contributed by atoms with Gasteiger partial charge in [0.25, 0.3) is 0 Å². The highest BCUT2D eigenvalue weighted by molar-refractivity contribution is 5.81.